The molecule has 5 N–H and O–H groups in total. The van der Waals surface area contributed by atoms with Crippen LogP contribution < -0.4 is 11.5 Å². The van der Waals surface area contributed by atoms with Crippen molar-refractivity contribution in [3.63, 3.8) is 0 Å². The number of aliphatic hydroxyl groups is 1. The fourth-order valence-electron chi connectivity index (χ4n) is 2.03. The van der Waals surface area contributed by atoms with Gasteiger partial charge in [-0.3, -0.25) is 5.32 Å². The highest BCUT2D eigenvalue weighted by Gasteiger charge is 1.97. The van der Waals surface area contributed by atoms with Crippen LogP contribution in [0.4, 0.5) is 0 Å². The molecular formula is C15H36N2O. The Morgan fingerprint density at radius 2 is 1.22 bits per heavy atom. The molecule has 3 heteroatoms. The minimum Gasteiger partial charge on any atom is -0.379 e. The average molecular weight is 260 g/mol. The molecular weight excluding hydrogens is 224 g/mol. The van der Waals surface area contributed by atoms with Crippen LogP contribution in [0.5, 0.6) is 0 Å². The molecule has 0 aromatic rings. The van der Waals surface area contributed by atoms with Gasteiger partial charge in [0.25, 0.3) is 0 Å². The van der Waals surface area contributed by atoms with Crippen molar-refractivity contribution in [2.75, 3.05) is 6.54 Å². The van der Waals surface area contributed by atoms with Crippen LogP contribution in [0.25, 0.3) is 0 Å². The largest absolute Gasteiger partial charge is 0.379 e. The standard InChI is InChI=1S/C15H33NO.H3N/c1-3-5-6-7-8-9-10-11-12-13-14-16-15(17)4-2;/h15-17H,3-14H2,1-2H3;1H3. The van der Waals surface area contributed by atoms with E-state index < -0.39 is 0 Å². The first-order valence-corrected chi connectivity index (χ1v) is 7.72. The van der Waals surface area contributed by atoms with E-state index in [1.54, 1.807) is 0 Å². The minimum absolute atomic E-state index is 0. The molecule has 0 fully saturated rings. The van der Waals surface area contributed by atoms with E-state index in [-0.39, 0.29) is 12.4 Å². The third-order valence-electron chi connectivity index (χ3n) is 3.30. The van der Waals surface area contributed by atoms with Gasteiger partial charge in [0.05, 0.1) is 0 Å². The molecule has 0 rings (SSSR count). The van der Waals surface area contributed by atoms with Crippen LogP contribution in [0.3, 0.4) is 0 Å². The molecule has 0 aliphatic carbocycles. The summed E-state index contributed by atoms with van der Waals surface area (Å²) in [4.78, 5) is 0. The van der Waals surface area contributed by atoms with Crippen LogP contribution in [-0.4, -0.2) is 17.9 Å². The van der Waals surface area contributed by atoms with E-state index in [4.69, 9.17) is 0 Å². The predicted molar refractivity (Wildman–Crippen MR) is 81.2 cm³/mol. The minimum atomic E-state index is -0.298. The highest BCUT2D eigenvalue weighted by atomic mass is 16.3. The van der Waals surface area contributed by atoms with Crippen molar-refractivity contribution in [2.24, 2.45) is 0 Å². The van der Waals surface area contributed by atoms with E-state index in [1.165, 1.54) is 64.2 Å². The van der Waals surface area contributed by atoms with Gasteiger partial charge in [0.15, 0.2) is 0 Å². The zero-order valence-electron chi connectivity index (χ0n) is 12.7. The average Bonchev–Trinajstić information content (AvgIpc) is 2.35. The molecule has 18 heavy (non-hydrogen) atoms. The summed E-state index contributed by atoms with van der Waals surface area (Å²) in [6.07, 6.45) is 14.2. The molecule has 0 aliphatic heterocycles. The van der Waals surface area contributed by atoms with Crippen molar-refractivity contribution in [3.05, 3.63) is 0 Å². The lowest BCUT2D eigenvalue weighted by Crippen LogP contribution is -2.28. The lowest BCUT2D eigenvalue weighted by atomic mass is 10.1. The summed E-state index contributed by atoms with van der Waals surface area (Å²) in [5.41, 5.74) is 0. The predicted octanol–water partition coefficient (Wildman–Crippen LogP) is 4.39. The van der Waals surface area contributed by atoms with Crippen molar-refractivity contribution >= 4 is 0 Å². The van der Waals surface area contributed by atoms with E-state index in [0.717, 1.165) is 13.0 Å². The van der Waals surface area contributed by atoms with Gasteiger partial charge in [-0.1, -0.05) is 71.6 Å². The maximum atomic E-state index is 9.29. The summed E-state index contributed by atoms with van der Waals surface area (Å²) < 4.78 is 0. The van der Waals surface area contributed by atoms with E-state index in [0.29, 0.717) is 0 Å². The fourth-order valence-corrected chi connectivity index (χ4v) is 2.03. The fraction of sp³-hybridized carbons (Fsp3) is 1.00. The summed E-state index contributed by atoms with van der Waals surface area (Å²) in [6, 6.07) is 0. The van der Waals surface area contributed by atoms with Crippen LogP contribution >= 0.6 is 0 Å². The van der Waals surface area contributed by atoms with Crippen molar-refractivity contribution in [1.29, 1.82) is 0 Å². The zero-order chi connectivity index (χ0) is 12.8. The number of hydrogen-bond acceptors (Lipinski definition) is 3. The number of nitrogens with one attached hydrogen (secondary N) is 1. The molecule has 0 amide bonds. The molecule has 112 valence electrons. The van der Waals surface area contributed by atoms with Crippen molar-refractivity contribution in [3.8, 4) is 0 Å². The topological polar surface area (TPSA) is 67.3 Å². The Balaban J connectivity index is 0. The Morgan fingerprint density at radius 3 is 1.67 bits per heavy atom. The molecule has 0 spiro atoms. The summed E-state index contributed by atoms with van der Waals surface area (Å²) in [7, 11) is 0. The van der Waals surface area contributed by atoms with Crippen LogP contribution in [-0.2, 0) is 0 Å². The van der Waals surface area contributed by atoms with Gasteiger partial charge in [-0.05, 0) is 19.4 Å². The first-order valence-electron chi connectivity index (χ1n) is 7.72. The van der Waals surface area contributed by atoms with Crippen LogP contribution in [0.1, 0.15) is 84.5 Å². The Kier molecular flexibility index (Phi) is 18.9. The van der Waals surface area contributed by atoms with E-state index in [2.05, 4.69) is 12.2 Å². The maximum absolute atomic E-state index is 9.29. The van der Waals surface area contributed by atoms with Gasteiger partial charge in [-0.2, -0.15) is 0 Å². The maximum Gasteiger partial charge on any atom is 0.104 e. The second-order valence-corrected chi connectivity index (χ2v) is 5.06. The lowest BCUT2D eigenvalue weighted by molar-refractivity contribution is 0.133. The first kappa shape index (κ1) is 20.2. The third-order valence-corrected chi connectivity index (χ3v) is 3.30. The Labute approximate surface area is 114 Å². The molecule has 0 aromatic heterocycles. The summed E-state index contributed by atoms with van der Waals surface area (Å²) in [6.45, 7) is 5.23. The number of rotatable bonds is 13. The molecule has 0 bridgehead atoms. The quantitative estimate of drug-likeness (QED) is 0.340. The highest BCUT2D eigenvalue weighted by molar-refractivity contribution is 4.52. The zero-order valence-corrected chi connectivity index (χ0v) is 12.7. The first-order chi connectivity index (χ1) is 8.31. The van der Waals surface area contributed by atoms with Crippen LogP contribution in [0.2, 0.25) is 0 Å². The monoisotopic (exact) mass is 260 g/mol. The number of hydrogen-bond donors (Lipinski definition) is 3. The molecule has 0 aromatic carbocycles. The molecule has 0 radical (unpaired) electrons. The summed E-state index contributed by atoms with van der Waals surface area (Å²) in [5.74, 6) is 0. The molecule has 0 heterocycles. The van der Waals surface area contributed by atoms with Gasteiger partial charge in [0.2, 0.25) is 0 Å². The lowest BCUT2D eigenvalue weighted by Gasteiger charge is -2.09. The Hall–Kier alpha value is -0.120. The number of unbranched alkanes of at least 4 members (excludes halogenated alkanes) is 9. The molecule has 0 saturated heterocycles. The van der Waals surface area contributed by atoms with Crippen molar-refractivity contribution in [2.45, 2.75) is 90.7 Å². The highest BCUT2D eigenvalue weighted by Crippen LogP contribution is 2.10. The van der Waals surface area contributed by atoms with Crippen molar-refractivity contribution < 1.29 is 5.11 Å². The summed E-state index contributed by atoms with van der Waals surface area (Å²) >= 11 is 0. The van der Waals surface area contributed by atoms with Gasteiger partial charge in [0.1, 0.15) is 6.23 Å². The third kappa shape index (κ3) is 15.9. The van der Waals surface area contributed by atoms with Gasteiger partial charge in [-0.15, -0.1) is 0 Å². The smallest absolute Gasteiger partial charge is 0.104 e. The Morgan fingerprint density at radius 1 is 0.778 bits per heavy atom. The van der Waals surface area contributed by atoms with Gasteiger partial charge in [0, 0.05) is 0 Å². The van der Waals surface area contributed by atoms with Crippen LogP contribution in [0.15, 0.2) is 0 Å². The van der Waals surface area contributed by atoms with Gasteiger partial charge < -0.3 is 11.3 Å². The summed E-state index contributed by atoms with van der Waals surface area (Å²) in [5, 5.41) is 12.4. The van der Waals surface area contributed by atoms with Crippen LogP contribution in [0, 0.1) is 0 Å². The number of aliphatic hydroxyl groups excluding tert-OH is 1. The SMILES string of the molecule is CCCCCCCCCCCCNC(O)CC.N. The van der Waals surface area contributed by atoms with E-state index >= 15 is 0 Å². The second-order valence-electron chi connectivity index (χ2n) is 5.06. The Bertz CT molecular complexity index is 142. The molecule has 3 nitrogen and oxygen atoms in total. The molecule has 1 atom stereocenters. The second kappa shape index (κ2) is 16.9. The van der Waals surface area contributed by atoms with E-state index in [9.17, 15) is 5.11 Å². The molecule has 1 unspecified atom stereocenters. The van der Waals surface area contributed by atoms with Gasteiger partial charge >= 0.3 is 0 Å². The molecule has 0 saturated carbocycles. The normalized spacial score (nSPS) is 12.2. The van der Waals surface area contributed by atoms with Gasteiger partial charge in [-0.25, -0.2) is 0 Å². The van der Waals surface area contributed by atoms with E-state index in [1.807, 2.05) is 6.92 Å². The molecule has 0 aliphatic rings. The van der Waals surface area contributed by atoms with Crippen molar-refractivity contribution in [1.82, 2.24) is 11.5 Å².